The van der Waals surface area contributed by atoms with Crippen molar-refractivity contribution in [1.29, 1.82) is 0 Å². The number of nitrogens with zero attached hydrogens (tertiary/aromatic N) is 5. The van der Waals surface area contributed by atoms with Crippen molar-refractivity contribution in [1.82, 2.24) is 24.6 Å². The Kier molecular flexibility index (Phi) is 13.1. The number of aliphatic hydroxyl groups is 1. The summed E-state index contributed by atoms with van der Waals surface area (Å²) >= 11 is 0. The number of methoxy groups -OCH3 is 1. The molecule has 9 rings (SSSR count). The van der Waals surface area contributed by atoms with Crippen LogP contribution in [-0.2, 0) is 14.8 Å². The lowest BCUT2D eigenvalue weighted by Crippen LogP contribution is -2.58. The molecule has 19 heteroatoms. The number of anilines is 2. The Labute approximate surface area is 395 Å². The summed E-state index contributed by atoms with van der Waals surface area (Å²) in [4.78, 5) is 41.0. The van der Waals surface area contributed by atoms with Gasteiger partial charge < -0.3 is 34.5 Å². The number of sulfonamides is 1. The standard InChI is InChI=1S/C49H59FN8O9S/c1-30(2)35-7-5-6-8-36(35)41-29-66-20-19-57(41)33-24-49(25-33)15-17-56(18-16-49)32-9-10-37(42(21-32)67-43-23-38-39(50)28-53-44(38)54-47(43)65-4)46(59)55-68(63,64)34-22-40(58(61)62)45(52-27-34)51-26-31-11-13-48(3,60)14-12-31/h5-10,21-23,27-28,30-31,33,41,60H,11-20,24-26,29H2,1-4H3,(H,51,52)(H,53,54)(H,55,59)/t31?,41-,48?/m0/s1. The topological polar surface area (TPSA) is 214 Å². The fourth-order valence-electron chi connectivity index (χ4n) is 10.6. The average Bonchev–Trinajstić information content (AvgIpc) is 3.68. The minimum absolute atomic E-state index is 0.0131. The molecule has 1 spiro atoms. The van der Waals surface area contributed by atoms with Gasteiger partial charge in [0.2, 0.25) is 5.82 Å². The van der Waals surface area contributed by atoms with E-state index in [0.29, 0.717) is 50.8 Å². The number of aromatic amines is 1. The molecule has 2 saturated carbocycles. The number of rotatable bonds is 14. The van der Waals surface area contributed by atoms with Crippen molar-refractivity contribution in [2.45, 2.75) is 101 Å². The van der Waals surface area contributed by atoms with E-state index in [9.17, 15) is 32.8 Å². The van der Waals surface area contributed by atoms with Crippen molar-refractivity contribution in [3.63, 3.8) is 0 Å². The number of aromatic nitrogens is 3. The number of halogens is 1. The van der Waals surface area contributed by atoms with Gasteiger partial charge in [-0.3, -0.25) is 19.8 Å². The number of hydrogen-bond donors (Lipinski definition) is 4. The van der Waals surface area contributed by atoms with Crippen LogP contribution in [0.2, 0.25) is 0 Å². The molecule has 4 N–H and O–H groups in total. The fourth-order valence-corrected chi connectivity index (χ4v) is 11.5. The van der Waals surface area contributed by atoms with E-state index >= 15 is 0 Å². The van der Waals surface area contributed by atoms with Gasteiger partial charge in [-0.1, -0.05) is 38.1 Å². The number of nitrogens with one attached hydrogen (secondary N) is 3. The summed E-state index contributed by atoms with van der Waals surface area (Å²) in [5.74, 6) is -1.33. The van der Waals surface area contributed by atoms with Crippen LogP contribution in [0, 0.1) is 27.3 Å². The smallest absolute Gasteiger partial charge is 0.312 e. The molecule has 2 aliphatic heterocycles. The molecule has 362 valence electrons. The average molecular weight is 955 g/mol. The van der Waals surface area contributed by atoms with Crippen LogP contribution in [0.25, 0.3) is 11.0 Å². The van der Waals surface area contributed by atoms with E-state index in [1.54, 1.807) is 19.1 Å². The molecule has 2 saturated heterocycles. The Morgan fingerprint density at radius 3 is 2.54 bits per heavy atom. The number of H-pyrrole nitrogens is 1. The van der Waals surface area contributed by atoms with Gasteiger partial charge in [0.25, 0.3) is 21.8 Å². The first-order valence-corrected chi connectivity index (χ1v) is 24.9. The minimum atomic E-state index is -4.73. The number of benzene rings is 2. The molecule has 68 heavy (non-hydrogen) atoms. The minimum Gasteiger partial charge on any atom is -0.478 e. The number of nitro groups is 1. The SMILES string of the molecule is COc1nc2[nH]cc(F)c2cc1Oc1cc(N2CCC3(CC2)CC(N2CCOC[C@H]2c2ccccc2C(C)C)C3)ccc1C(=O)NS(=O)(=O)c1cnc(NCC2CCC(C)(O)CC2)c([N+](=O)[O-])c1. The van der Waals surface area contributed by atoms with Gasteiger partial charge in [0.15, 0.2) is 5.75 Å². The van der Waals surface area contributed by atoms with Crippen molar-refractivity contribution in [3.8, 4) is 17.4 Å². The zero-order chi connectivity index (χ0) is 48.0. The van der Waals surface area contributed by atoms with Crippen molar-refractivity contribution >= 4 is 44.2 Å². The third-order valence-electron chi connectivity index (χ3n) is 14.6. The second-order valence-electron chi connectivity index (χ2n) is 19.5. The predicted octanol–water partition coefficient (Wildman–Crippen LogP) is 8.22. The van der Waals surface area contributed by atoms with Crippen LogP contribution in [0.4, 0.5) is 21.6 Å². The van der Waals surface area contributed by atoms with E-state index in [1.165, 1.54) is 30.4 Å². The molecule has 5 heterocycles. The third-order valence-corrected chi connectivity index (χ3v) is 15.9. The molecule has 1 atom stereocenters. The largest absolute Gasteiger partial charge is 0.478 e. The highest BCUT2D eigenvalue weighted by Crippen LogP contribution is 2.53. The Hall–Kier alpha value is -5.89. The molecule has 17 nitrogen and oxygen atoms in total. The van der Waals surface area contributed by atoms with Crippen LogP contribution in [0.5, 0.6) is 17.4 Å². The van der Waals surface area contributed by atoms with Gasteiger partial charge >= 0.3 is 5.69 Å². The summed E-state index contributed by atoms with van der Waals surface area (Å²) in [6.07, 6.45) is 8.81. The molecule has 0 bridgehead atoms. The quantitative estimate of drug-likeness (QED) is 0.0610. The number of ether oxygens (including phenoxy) is 3. The molecule has 0 radical (unpaired) electrons. The summed E-state index contributed by atoms with van der Waals surface area (Å²) < 4.78 is 62.3. The van der Waals surface area contributed by atoms with E-state index in [4.69, 9.17) is 14.2 Å². The van der Waals surface area contributed by atoms with Gasteiger partial charge in [-0.05, 0) is 98.8 Å². The Bertz CT molecular complexity index is 2800. The second-order valence-corrected chi connectivity index (χ2v) is 21.2. The van der Waals surface area contributed by atoms with Crippen molar-refractivity contribution in [2.75, 3.05) is 56.7 Å². The fraction of sp³-hybridized carbons (Fsp3) is 0.490. The molecule has 4 fully saturated rings. The molecule has 0 unspecified atom stereocenters. The number of hydrogen-bond acceptors (Lipinski definition) is 14. The number of carbonyl (C=O) groups excluding carboxylic acids is 1. The van der Waals surface area contributed by atoms with E-state index in [0.717, 1.165) is 76.1 Å². The van der Waals surface area contributed by atoms with Crippen molar-refractivity contribution in [3.05, 3.63) is 99.6 Å². The van der Waals surface area contributed by atoms with Crippen LogP contribution < -0.4 is 24.4 Å². The molecule has 2 aliphatic carbocycles. The Morgan fingerprint density at radius 2 is 1.82 bits per heavy atom. The predicted molar refractivity (Wildman–Crippen MR) is 253 cm³/mol. The highest BCUT2D eigenvalue weighted by Gasteiger charge is 2.50. The maximum atomic E-state index is 14.8. The summed E-state index contributed by atoms with van der Waals surface area (Å²) in [5.41, 5.74) is 2.33. The first-order valence-electron chi connectivity index (χ1n) is 23.4. The molecule has 4 aliphatic rings. The van der Waals surface area contributed by atoms with Crippen molar-refractivity contribution in [2.24, 2.45) is 11.3 Å². The maximum Gasteiger partial charge on any atom is 0.312 e. The van der Waals surface area contributed by atoms with Crippen LogP contribution in [-0.4, -0.2) is 102 Å². The van der Waals surface area contributed by atoms with E-state index in [2.05, 4.69) is 68.2 Å². The highest BCUT2D eigenvalue weighted by molar-refractivity contribution is 7.90. The number of carbonyl (C=O) groups is 1. The number of fused-ring (bicyclic) bond motifs is 1. The molecule has 2 aromatic carbocycles. The van der Waals surface area contributed by atoms with E-state index in [-0.39, 0.29) is 57.2 Å². The lowest BCUT2D eigenvalue weighted by Gasteiger charge is -2.57. The molecular weight excluding hydrogens is 896 g/mol. The van der Waals surface area contributed by atoms with Crippen LogP contribution in [0.15, 0.2) is 71.9 Å². The molecule has 3 aromatic heterocycles. The molecular formula is C49H59FN8O9S. The summed E-state index contributed by atoms with van der Waals surface area (Å²) in [5, 5.41) is 25.6. The van der Waals surface area contributed by atoms with E-state index < -0.39 is 42.9 Å². The van der Waals surface area contributed by atoms with Gasteiger partial charge in [-0.15, -0.1) is 0 Å². The highest BCUT2D eigenvalue weighted by atomic mass is 32.2. The number of pyridine rings is 2. The van der Waals surface area contributed by atoms with Crippen LogP contribution in [0.3, 0.4) is 0 Å². The van der Waals surface area contributed by atoms with E-state index in [1.807, 2.05) is 4.72 Å². The maximum absolute atomic E-state index is 14.8. The lowest BCUT2D eigenvalue weighted by atomic mass is 9.59. The Balaban J connectivity index is 0.929. The molecule has 5 aromatic rings. The number of morpholine rings is 1. The zero-order valence-corrected chi connectivity index (χ0v) is 39.6. The third kappa shape index (κ3) is 9.70. The molecule has 1 amide bonds. The normalized spacial score (nSPS) is 22.2. The second kappa shape index (κ2) is 18.9. The first kappa shape index (κ1) is 47.2. The van der Waals surface area contributed by atoms with Gasteiger partial charge in [0.1, 0.15) is 22.1 Å². The van der Waals surface area contributed by atoms with Crippen LogP contribution >= 0.6 is 0 Å². The van der Waals surface area contributed by atoms with Gasteiger partial charge in [-0.2, -0.15) is 4.98 Å². The van der Waals surface area contributed by atoms with Crippen LogP contribution in [0.1, 0.15) is 106 Å². The van der Waals surface area contributed by atoms with Gasteiger partial charge in [0, 0.05) is 62.3 Å². The monoisotopic (exact) mass is 954 g/mol. The number of amides is 1. The van der Waals surface area contributed by atoms with Gasteiger partial charge in [-0.25, -0.2) is 22.5 Å². The summed E-state index contributed by atoms with van der Waals surface area (Å²) in [6.45, 7) is 10.4. The lowest BCUT2D eigenvalue weighted by molar-refractivity contribution is -0.384. The summed E-state index contributed by atoms with van der Waals surface area (Å²) in [6, 6.07) is 16.5. The summed E-state index contributed by atoms with van der Waals surface area (Å²) in [7, 11) is -3.36. The first-order chi connectivity index (χ1) is 32.5. The zero-order valence-electron chi connectivity index (χ0n) is 38.8. The van der Waals surface area contributed by atoms with Gasteiger partial charge in [0.05, 0.1) is 54.0 Å². The van der Waals surface area contributed by atoms with Crippen molar-refractivity contribution < 1.29 is 41.8 Å². The number of piperidine rings is 1. The Morgan fingerprint density at radius 1 is 1.07 bits per heavy atom.